The molecule has 15 heavy (non-hydrogen) atoms. The summed E-state index contributed by atoms with van der Waals surface area (Å²) in [5.74, 6) is 0. The van der Waals surface area contributed by atoms with Crippen LogP contribution >= 0.6 is 22.2 Å². The van der Waals surface area contributed by atoms with Gasteiger partial charge < -0.3 is 0 Å². The van der Waals surface area contributed by atoms with Gasteiger partial charge in [-0.3, -0.25) is 9.13 Å². The van der Waals surface area contributed by atoms with Crippen molar-refractivity contribution in [3.8, 4) is 0 Å². The van der Waals surface area contributed by atoms with Crippen LogP contribution in [0.5, 0.6) is 0 Å². The van der Waals surface area contributed by atoms with Gasteiger partial charge in [-0.25, -0.2) is 0 Å². The van der Waals surface area contributed by atoms with E-state index >= 15 is 0 Å². The van der Waals surface area contributed by atoms with Gasteiger partial charge in [0.25, 0.3) is 0 Å². The molecule has 1 aliphatic heterocycles. The summed E-state index contributed by atoms with van der Waals surface area (Å²) >= 11 is 13.3. The zero-order valence-corrected chi connectivity index (χ0v) is 13.1. The molecule has 1 rings (SSSR count). The van der Waals surface area contributed by atoms with E-state index in [9.17, 15) is 0 Å². The highest BCUT2D eigenvalue weighted by atomic mass is 35.7. The maximum Gasteiger partial charge on any atom is 0.409 e. The first-order valence-electron chi connectivity index (χ1n) is 5.40. The van der Waals surface area contributed by atoms with Crippen molar-refractivity contribution in [2.24, 2.45) is 0 Å². The molecule has 5 heteroatoms. The lowest BCUT2D eigenvalue weighted by Crippen LogP contribution is -2.61. The van der Waals surface area contributed by atoms with Crippen molar-refractivity contribution in [3.05, 3.63) is 0 Å². The summed E-state index contributed by atoms with van der Waals surface area (Å²) in [6.07, 6.45) is 0. The molecule has 0 atom stereocenters. The molecule has 0 bridgehead atoms. The highest BCUT2D eigenvalue weighted by molar-refractivity contribution is 7.42. The second kappa shape index (κ2) is 3.88. The summed E-state index contributed by atoms with van der Waals surface area (Å²) in [6.45, 7) is 15.0. The Labute approximate surface area is 104 Å². The van der Waals surface area contributed by atoms with Crippen LogP contribution in [0.4, 0.5) is 0 Å². The van der Waals surface area contributed by atoms with Crippen LogP contribution in [0.2, 0.25) is 0 Å². The third kappa shape index (κ3) is 2.70. The summed E-state index contributed by atoms with van der Waals surface area (Å²) < 4.78 is 4.54. The molecule has 90 valence electrons. The first kappa shape index (κ1) is 13.8. The summed E-state index contributed by atoms with van der Waals surface area (Å²) in [5.41, 5.74) is 0.103. The zero-order chi connectivity index (χ0) is 12.1. The van der Waals surface area contributed by atoms with Gasteiger partial charge in [0, 0.05) is 24.2 Å². The Kier molecular flexibility index (Phi) is 3.56. The monoisotopic (exact) mass is 268 g/mol. The SMILES string of the molecule is CC(C)(C)N1CCN(C(C)(C)C)[Si]1(Cl)Cl. The van der Waals surface area contributed by atoms with Crippen molar-refractivity contribution >= 4 is 29.2 Å². The van der Waals surface area contributed by atoms with Gasteiger partial charge in [-0.05, 0) is 41.5 Å². The number of nitrogens with zero attached hydrogens (tertiary/aromatic N) is 2. The minimum absolute atomic E-state index is 0.0513. The Balaban J connectivity index is 2.95. The molecule has 0 saturated carbocycles. The van der Waals surface area contributed by atoms with Crippen LogP contribution in [0.1, 0.15) is 41.5 Å². The van der Waals surface area contributed by atoms with Gasteiger partial charge in [-0.15, -0.1) is 22.2 Å². The molecule has 1 fully saturated rings. The third-order valence-electron chi connectivity index (χ3n) is 2.82. The van der Waals surface area contributed by atoms with Gasteiger partial charge >= 0.3 is 7.02 Å². The van der Waals surface area contributed by atoms with E-state index in [1.165, 1.54) is 0 Å². The molecule has 0 radical (unpaired) electrons. The van der Waals surface area contributed by atoms with E-state index in [4.69, 9.17) is 22.2 Å². The molecular weight excluding hydrogens is 247 g/mol. The number of hydrogen-bond donors (Lipinski definition) is 0. The topological polar surface area (TPSA) is 6.48 Å². The lowest BCUT2D eigenvalue weighted by molar-refractivity contribution is 0.271. The van der Waals surface area contributed by atoms with E-state index in [1.54, 1.807) is 0 Å². The highest BCUT2D eigenvalue weighted by Gasteiger charge is 2.55. The smallest absolute Gasteiger partial charge is 0.282 e. The predicted molar refractivity (Wildman–Crippen MR) is 70.4 cm³/mol. The van der Waals surface area contributed by atoms with Crippen molar-refractivity contribution in [1.29, 1.82) is 0 Å². The molecule has 0 amide bonds. The standard InChI is InChI=1S/C10H22Cl2N2Si/c1-9(2,3)13-7-8-14(10(4,5)6)15(13,11)12/h7-8H2,1-6H3. The van der Waals surface area contributed by atoms with E-state index in [0.717, 1.165) is 13.1 Å². The van der Waals surface area contributed by atoms with Gasteiger partial charge in [0.2, 0.25) is 0 Å². The lowest BCUT2D eigenvalue weighted by Gasteiger charge is -2.43. The summed E-state index contributed by atoms with van der Waals surface area (Å²) in [4.78, 5) is 0. The quantitative estimate of drug-likeness (QED) is 0.492. The van der Waals surface area contributed by atoms with E-state index in [-0.39, 0.29) is 11.1 Å². The molecular formula is C10H22Cl2N2Si. The first-order valence-corrected chi connectivity index (χ1v) is 9.32. The van der Waals surface area contributed by atoms with Crippen molar-refractivity contribution in [2.75, 3.05) is 13.1 Å². The highest BCUT2D eigenvalue weighted by Crippen LogP contribution is 2.39. The number of hydrogen-bond acceptors (Lipinski definition) is 2. The number of rotatable bonds is 0. The van der Waals surface area contributed by atoms with E-state index in [2.05, 4.69) is 50.7 Å². The van der Waals surface area contributed by atoms with Crippen LogP contribution in [0, 0.1) is 0 Å². The molecule has 1 saturated heterocycles. The van der Waals surface area contributed by atoms with Gasteiger partial charge in [0.1, 0.15) is 0 Å². The second-order valence-corrected chi connectivity index (χ2v) is 12.0. The maximum atomic E-state index is 6.63. The maximum absolute atomic E-state index is 6.63. The molecule has 1 heterocycles. The molecule has 0 aliphatic carbocycles. The molecule has 0 unspecified atom stereocenters. The van der Waals surface area contributed by atoms with E-state index in [1.807, 2.05) is 0 Å². The minimum Gasteiger partial charge on any atom is -0.282 e. The van der Waals surface area contributed by atoms with Crippen molar-refractivity contribution < 1.29 is 0 Å². The fourth-order valence-corrected chi connectivity index (χ4v) is 8.79. The number of halogens is 2. The molecule has 0 aromatic carbocycles. The minimum atomic E-state index is -2.46. The average molecular weight is 269 g/mol. The second-order valence-electron chi connectivity index (χ2n) is 6.15. The fraction of sp³-hybridized carbons (Fsp3) is 1.00. The van der Waals surface area contributed by atoms with E-state index in [0.29, 0.717) is 0 Å². The Morgan fingerprint density at radius 3 is 1.20 bits per heavy atom. The Morgan fingerprint density at radius 1 is 0.800 bits per heavy atom. The zero-order valence-electron chi connectivity index (χ0n) is 10.6. The predicted octanol–water partition coefficient (Wildman–Crippen LogP) is 3.11. The third-order valence-corrected chi connectivity index (χ3v) is 8.35. The Morgan fingerprint density at radius 2 is 1.07 bits per heavy atom. The van der Waals surface area contributed by atoms with Crippen molar-refractivity contribution in [1.82, 2.24) is 9.13 Å². The largest absolute Gasteiger partial charge is 0.409 e. The molecule has 0 aromatic rings. The molecule has 2 nitrogen and oxygen atoms in total. The molecule has 0 spiro atoms. The van der Waals surface area contributed by atoms with Crippen LogP contribution in [0.3, 0.4) is 0 Å². The fourth-order valence-electron chi connectivity index (χ4n) is 2.09. The van der Waals surface area contributed by atoms with Crippen LogP contribution in [0.15, 0.2) is 0 Å². The molecule has 1 aliphatic rings. The van der Waals surface area contributed by atoms with Gasteiger partial charge in [0.05, 0.1) is 0 Å². The van der Waals surface area contributed by atoms with Crippen LogP contribution in [0.25, 0.3) is 0 Å². The normalized spacial score (nSPS) is 24.8. The summed E-state index contributed by atoms with van der Waals surface area (Å²) in [5, 5.41) is 0. The average Bonchev–Trinajstić information content (AvgIpc) is 2.21. The molecule has 0 aromatic heterocycles. The summed E-state index contributed by atoms with van der Waals surface area (Å²) in [6, 6.07) is 0. The van der Waals surface area contributed by atoms with Crippen LogP contribution in [-0.2, 0) is 0 Å². The first-order chi connectivity index (χ1) is 6.47. The van der Waals surface area contributed by atoms with Crippen molar-refractivity contribution in [3.63, 3.8) is 0 Å². The van der Waals surface area contributed by atoms with Crippen LogP contribution < -0.4 is 0 Å². The van der Waals surface area contributed by atoms with E-state index < -0.39 is 7.02 Å². The van der Waals surface area contributed by atoms with Gasteiger partial charge in [-0.1, -0.05) is 0 Å². The molecule has 0 N–H and O–H groups in total. The summed E-state index contributed by atoms with van der Waals surface area (Å²) in [7, 11) is -2.46. The van der Waals surface area contributed by atoms with Gasteiger partial charge in [0.15, 0.2) is 0 Å². The Hall–Kier alpha value is 0.717. The Bertz CT molecular complexity index is 219. The van der Waals surface area contributed by atoms with Gasteiger partial charge in [-0.2, -0.15) is 0 Å². The van der Waals surface area contributed by atoms with Crippen LogP contribution in [-0.4, -0.2) is 40.3 Å². The van der Waals surface area contributed by atoms with Crippen molar-refractivity contribution in [2.45, 2.75) is 52.6 Å². The lowest BCUT2D eigenvalue weighted by atomic mass is 10.1.